The molecule has 11 heteroatoms. The van der Waals surface area contributed by atoms with E-state index in [9.17, 15) is 19.5 Å². The Morgan fingerprint density at radius 1 is 1.02 bits per heavy atom. The molecule has 1 N–H and O–H groups in total. The van der Waals surface area contributed by atoms with E-state index in [1.165, 1.54) is 4.90 Å². The van der Waals surface area contributed by atoms with Crippen molar-refractivity contribution in [3.8, 4) is 17.2 Å². The number of aromatic nitrogens is 1. The number of fused-ring (bicyclic) bond motifs is 1. The maximum atomic E-state index is 13.8. The molecule has 0 radical (unpaired) electrons. The Morgan fingerprint density at radius 2 is 1.81 bits per heavy atom. The van der Waals surface area contributed by atoms with Crippen molar-refractivity contribution in [3.05, 3.63) is 105 Å². The fourth-order valence-corrected chi connectivity index (χ4v) is 6.75. The van der Waals surface area contributed by atoms with Crippen LogP contribution in [0.15, 0.2) is 72.3 Å². The minimum atomic E-state index is -1.10. The number of thiazole rings is 1. The summed E-state index contributed by atoms with van der Waals surface area (Å²) in [5, 5.41) is 11.9. The number of aliphatic hydroxyl groups excluding tert-OH is 1. The van der Waals surface area contributed by atoms with Crippen LogP contribution in [0.3, 0.4) is 0 Å². The predicted octanol–water partition coefficient (Wildman–Crippen LogP) is 6.56. The molecule has 242 valence electrons. The highest BCUT2D eigenvalue weighted by Gasteiger charge is 2.49. The maximum Gasteiger partial charge on any atom is 0.350 e. The van der Waals surface area contributed by atoms with Crippen LogP contribution in [0, 0.1) is 6.92 Å². The van der Waals surface area contributed by atoms with E-state index in [0.717, 1.165) is 22.5 Å². The minimum absolute atomic E-state index is 0.0191. The van der Waals surface area contributed by atoms with Crippen LogP contribution in [0.1, 0.15) is 64.4 Å². The van der Waals surface area contributed by atoms with Gasteiger partial charge in [0, 0.05) is 12.0 Å². The lowest BCUT2D eigenvalue weighted by atomic mass is 9.94. The number of nitrogens with zero attached hydrogens (tertiary/aromatic N) is 2. The normalized spacial score (nSPS) is 18.2. The number of ketones is 1. The summed E-state index contributed by atoms with van der Waals surface area (Å²) >= 11 is 0.949. The molecule has 0 aliphatic carbocycles. The van der Waals surface area contributed by atoms with E-state index >= 15 is 0 Å². The van der Waals surface area contributed by atoms with Crippen molar-refractivity contribution in [1.29, 1.82) is 0 Å². The number of amides is 1. The molecular formula is C36H34N2O8S. The Hall–Kier alpha value is -5.16. The molecule has 3 heterocycles. The Labute approximate surface area is 276 Å². The van der Waals surface area contributed by atoms with Crippen molar-refractivity contribution < 1.29 is 38.4 Å². The van der Waals surface area contributed by atoms with Crippen LogP contribution in [0.2, 0.25) is 0 Å². The Kier molecular flexibility index (Phi) is 8.99. The Morgan fingerprint density at radius 3 is 2.55 bits per heavy atom. The molecule has 0 saturated carbocycles. The van der Waals surface area contributed by atoms with Gasteiger partial charge in [0.25, 0.3) is 5.78 Å². The highest BCUT2D eigenvalue weighted by molar-refractivity contribution is 7.17. The molecule has 0 spiro atoms. The summed E-state index contributed by atoms with van der Waals surface area (Å²) in [4.78, 5) is 46.3. The van der Waals surface area contributed by atoms with Gasteiger partial charge in [-0.2, -0.15) is 0 Å². The lowest BCUT2D eigenvalue weighted by Gasteiger charge is -2.24. The maximum absolute atomic E-state index is 13.8. The van der Waals surface area contributed by atoms with Gasteiger partial charge in [0.15, 0.2) is 16.6 Å². The number of aliphatic hydroxyl groups is 1. The van der Waals surface area contributed by atoms with Crippen molar-refractivity contribution in [2.75, 3.05) is 18.1 Å². The molecule has 0 unspecified atom stereocenters. The molecule has 1 fully saturated rings. The lowest BCUT2D eigenvalue weighted by Crippen LogP contribution is -2.29. The van der Waals surface area contributed by atoms with Crippen molar-refractivity contribution >= 4 is 39.9 Å². The van der Waals surface area contributed by atoms with E-state index < -0.39 is 23.7 Å². The monoisotopic (exact) mass is 654 g/mol. The first-order chi connectivity index (χ1) is 22.7. The van der Waals surface area contributed by atoms with E-state index in [-0.39, 0.29) is 34.1 Å². The minimum Gasteiger partial charge on any atom is -0.507 e. The number of hydrogen-bond acceptors (Lipinski definition) is 10. The third-order valence-corrected chi connectivity index (χ3v) is 9.02. The van der Waals surface area contributed by atoms with E-state index in [2.05, 4.69) is 4.98 Å². The summed E-state index contributed by atoms with van der Waals surface area (Å²) in [7, 11) is 0. The average molecular weight is 655 g/mol. The van der Waals surface area contributed by atoms with Gasteiger partial charge in [0.05, 0.1) is 30.5 Å². The van der Waals surface area contributed by atoms with Gasteiger partial charge in [-0.3, -0.25) is 14.5 Å². The van der Waals surface area contributed by atoms with Crippen LogP contribution < -0.4 is 19.1 Å². The molecule has 2 aliphatic heterocycles. The number of esters is 1. The smallest absolute Gasteiger partial charge is 0.350 e. The molecule has 2 atom stereocenters. The van der Waals surface area contributed by atoms with Crippen LogP contribution in [0.5, 0.6) is 17.2 Å². The average Bonchev–Trinajstić information content (AvgIpc) is 3.72. The second-order valence-corrected chi connectivity index (χ2v) is 12.1. The fraction of sp³-hybridized carbons (Fsp3) is 0.278. The molecule has 1 saturated heterocycles. The topological polar surface area (TPSA) is 124 Å². The molecule has 1 aromatic heterocycles. The van der Waals surface area contributed by atoms with Gasteiger partial charge in [-0.05, 0) is 74.7 Å². The third kappa shape index (κ3) is 6.18. The molecule has 2 aliphatic rings. The Balaban J connectivity index is 1.47. The first-order valence-electron chi connectivity index (χ1n) is 15.4. The van der Waals surface area contributed by atoms with Gasteiger partial charge < -0.3 is 24.1 Å². The van der Waals surface area contributed by atoms with Gasteiger partial charge in [-0.15, -0.1) is 0 Å². The number of carbonyl (C=O) groups excluding carboxylic acids is 3. The number of hydrogen-bond donors (Lipinski definition) is 1. The highest BCUT2D eigenvalue weighted by atomic mass is 32.1. The standard InChI is InChI=1S/C36H34N2O8S/c1-5-43-28-18-23(12-15-27(28)45-19-22-10-8-7-9-11-22)30-29(31(39)24-13-14-26-25(17-24)16-20(3)46-26)32(40)34(41)38(30)36-37-21(4)33(47-36)35(42)44-6-2/h7-15,17-18,20,30,39H,5-6,16,19H2,1-4H3/b31-29+/t20-,30+/m1/s1. The summed E-state index contributed by atoms with van der Waals surface area (Å²) < 4.78 is 23.1. The number of ether oxygens (including phenoxy) is 4. The van der Waals surface area contributed by atoms with Crippen LogP contribution >= 0.6 is 11.3 Å². The summed E-state index contributed by atoms with van der Waals surface area (Å²) in [6, 6.07) is 18.9. The van der Waals surface area contributed by atoms with E-state index in [4.69, 9.17) is 18.9 Å². The molecular weight excluding hydrogens is 620 g/mol. The molecule has 10 nitrogen and oxygen atoms in total. The Bertz CT molecular complexity index is 1880. The van der Waals surface area contributed by atoms with E-state index in [1.807, 2.05) is 44.2 Å². The zero-order valence-corrected chi connectivity index (χ0v) is 27.3. The van der Waals surface area contributed by atoms with Crippen LogP contribution in [-0.2, 0) is 27.4 Å². The van der Waals surface area contributed by atoms with Gasteiger partial charge in [0.2, 0.25) is 0 Å². The predicted molar refractivity (Wildman–Crippen MR) is 176 cm³/mol. The summed E-state index contributed by atoms with van der Waals surface area (Å²) in [5.41, 5.74) is 2.95. The second-order valence-electron chi connectivity index (χ2n) is 11.2. The number of anilines is 1. The molecule has 1 amide bonds. The number of benzene rings is 3. The molecule has 3 aromatic carbocycles. The number of carbonyl (C=O) groups is 3. The SMILES string of the molecule is CCOC(=O)c1sc(N2C(=O)C(=O)/C(=C(/O)c3ccc4c(c3)C[C@@H](C)O4)[C@@H]2c2ccc(OCc3ccccc3)c(OCC)c2)nc1C. The number of Topliss-reactive ketones (excluding diaryl/α,β-unsaturated/α-hetero) is 1. The third-order valence-electron chi connectivity index (χ3n) is 7.89. The van der Waals surface area contributed by atoms with Gasteiger partial charge in [-0.1, -0.05) is 47.7 Å². The van der Waals surface area contributed by atoms with Gasteiger partial charge >= 0.3 is 11.9 Å². The van der Waals surface area contributed by atoms with Crippen LogP contribution in [0.4, 0.5) is 5.13 Å². The quantitative estimate of drug-likeness (QED) is 0.0877. The van der Waals surface area contributed by atoms with Crippen molar-refractivity contribution in [3.63, 3.8) is 0 Å². The summed E-state index contributed by atoms with van der Waals surface area (Å²) in [6.07, 6.45) is 0.625. The van der Waals surface area contributed by atoms with Crippen LogP contribution in [0.25, 0.3) is 5.76 Å². The van der Waals surface area contributed by atoms with Crippen molar-refractivity contribution in [1.82, 2.24) is 4.98 Å². The fourth-order valence-electron chi connectivity index (χ4n) is 5.76. The van der Waals surface area contributed by atoms with Crippen LogP contribution in [-0.4, -0.2) is 47.1 Å². The second kappa shape index (κ2) is 13.3. The molecule has 47 heavy (non-hydrogen) atoms. The van der Waals surface area contributed by atoms with Gasteiger partial charge in [-0.25, -0.2) is 9.78 Å². The summed E-state index contributed by atoms with van der Waals surface area (Å²) in [5.74, 6) is -1.10. The lowest BCUT2D eigenvalue weighted by molar-refractivity contribution is -0.132. The highest BCUT2D eigenvalue weighted by Crippen LogP contribution is 2.46. The zero-order valence-electron chi connectivity index (χ0n) is 26.4. The van der Waals surface area contributed by atoms with E-state index in [1.54, 1.807) is 50.2 Å². The van der Waals surface area contributed by atoms with Gasteiger partial charge in [0.1, 0.15) is 29.1 Å². The number of rotatable bonds is 10. The number of aryl methyl sites for hydroxylation is 1. The first kappa shape index (κ1) is 31.8. The molecule has 4 aromatic rings. The van der Waals surface area contributed by atoms with Crippen molar-refractivity contribution in [2.45, 2.75) is 52.9 Å². The largest absolute Gasteiger partial charge is 0.507 e. The molecule has 6 rings (SSSR count). The molecule has 0 bridgehead atoms. The van der Waals surface area contributed by atoms with Crippen molar-refractivity contribution in [2.24, 2.45) is 0 Å². The first-order valence-corrected chi connectivity index (χ1v) is 16.2. The van der Waals surface area contributed by atoms with E-state index in [0.29, 0.717) is 53.7 Å². The summed E-state index contributed by atoms with van der Waals surface area (Å²) in [6.45, 7) is 7.92. The zero-order chi connectivity index (χ0) is 33.2.